The van der Waals surface area contributed by atoms with Crippen LogP contribution in [0.5, 0.6) is 5.75 Å². The number of nitrogens with one attached hydrogen (secondary N) is 1. The minimum absolute atomic E-state index is 0.00407. The van der Waals surface area contributed by atoms with Gasteiger partial charge in [-0.1, -0.05) is 22.0 Å². The van der Waals surface area contributed by atoms with Gasteiger partial charge in [-0.05, 0) is 12.1 Å². The molecule has 0 fully saturated rings. The molecule has 1 aliphatic rings. The molecule has 1 aromatic carbocycles. The maximum absolute atomic E-state index is 10.9. The van der Waals surface area contributed by atoms with Gasteiger partial charge < -0.3 is 10.1 Å². The van der Waals surface area contributed by atoms with Crippen molar-refractivity contribution in [1.82, 2.24) is 5.32 Å². The second kappa shape index (κ2) is 3.61. The van der Waals surface area contributed by atoms with Crippen molar-refractivity contribution in [1.29, 1.82) is 0 Å². The molecule has 1 aromatic rings. The van der Waals surface area contributed by atoms with Gasteiger partial charge >= 0.3 is 0 Å². The molecular weight excluding hydrogens is 246 g/mol. The third-order valence-corrected chi connectivity index (χ3v) is 2.63. The first-order chi connectivity index (χ1) is 6.66. The molecule has 14 heavy (non-hydrogen) atoms. The number of hydrogen-bond donors (Lipinski definition) is 1. The maximum atomic E-state index is 10.9. The van der Waals surface area contributed by atoms with Gasteiger partial charge in [0.05, 0.1) is 6.04 Å². The van der Waals surface area contributed by atoms with Gasteiger partial charge in [-0.3, -0.25) is 4.79 Å². The highest BCUT2D eigenvalue weighted by Gasteiger charge is 2.24. The van der Waals surface area contributed by atoms with Gasteiger partial charge in [-0.2, -0.15) is 0 Å². The number of benzene rings is 1. The monoisotopic (exact) mass is 255 g/mol. The molecule has 0 aliphatic carbocycles. The minimum Gasteiger partial charge on any atom is -0.491 e. The van der Waals surface area contributed by atoms with Gasteiger partial charge in [-0.25, -0.2) is 0 Å². The smallest absolute Gasteiger partial charge is 0.217 e. The average molecular weight is 256 g/mol. The van der Waals surface area contributed by atoms with Crippen LogP contribution in [0.25, 0.3) is 0 Å². The number of amides is 1. The molecule has 0 saturated carbocycles. The molecule has 0 radical (unpaired) electrons. The molecule has 1 N–H and O–H groups in total. The van der Waals surface area contributed by atoms with Gasteiger partial charge in [0.2, 0.25) is 5.91 Å². The van der Waals surface area contributed by atoms with Crippen LogP contribution in [0.1, 0.15) is 18.5 Å². The molecule has 1 atom stereocenters. The van der Waals surface area contributed by atoms with E-state index in [4.69, 9.17) is 4.74 Å². The summed E-state index contributed by atoms with van der Waals surface area (Å²) in [5, 5.41) is 2.84. The second-order valence-electron chi connectivity index (χ2n) is 3.25. The predicted octanol–water partition coefficient (Wildman–Crippen LogP) is 2.02. The molecule has 2 rings (SSSR count). The summed E-state index contributed by atoms with van der Waals surface area (Å²) >= 11 is 3.37. The Bertz CT molecular complexity index is 378. The van der Waals surface area contributed by atoms with E-state index < -0.39 is 0 Å². The van der Waals surface area contributed by atoms with Crippen LogP contribution in [-0.2, 0) is 4.79 Å². The molecule has 0 aromatic heterocycles. The maximum Gasteiger partial charge on any atom is 0.217 e. The topological polar surface area (TPSA) is 38.3 Å². The lowest BCUT2D eigenvalue weighted by Crippen LogP contribution is -2.26. The van der Waals surface area contributed by atoms with Crippen molar-refractivity contribution < 1.29 is 9.53 Å². The fraction of sp³-hybridized carbons (Fsp3) is 0.300. The van der Waals surface area contributed by atoms with Gasteiger partial charge in [0.25, 0.3) is 0 Å². The van der Waals surface area contributed by atoms with E-state index in [1.165, 1.54) is 6.92 Å². The van der Waals surface area contributed by atoms with E-state index in [9.17, 15) is 4.79 Å². The van der Waals surface area contributed by atoms with E-state index in [-0.39, 0.29) is 11.9 Å². The lowest BCUT2D eigenvalue weighted by Gasteiger charge is -2.08. The average Bonchev–Trinajstić information content (AvgIpc) is 2.47. The van der Waals surface area contributed by atoms with Crippen LogP contribution in [0.15, 0.2) is 22.7 Å². The van der Waals surface area contributed by atoms with Crippen LogP contribution < -0.4 is 10.1 Å². The largest absolute Gasteiger partial charge is 0.491 e. The second-order valence-corrected chi connectivity index (χ2v) is 4.16. The van der Waals surface area contributed by atoms with Crippen LogP contribution in [0.2, 0.25) is 0 Å². The van der Waals surface area contributed by atoms with E-state index in [0.717, 1.165) is 15.8 Å². The molecule has 1 unspecified atom stereocenters. The number of rotatable bonds is 1. The van der Waals surface area contributed by atoms with Crippen LogP contribution in [0.4, 0.5) is 0 Å². The highest BCUT2D eigenvalue weighted by Crippen LogP contribution is 2.34. The molecule has 0 bridgehead atoms. The van der Waals surface area contributed by atoms with Crippen molar-refractivity contribution in [3.63, 3.8) is 0 Å². The number of hydrogen-bond acceptors (Lipinski definition) is 2. The van der Waals surface area contributed by atoms with E-state index >= 15 is 0 Å². The summed E-state index contributed by atoms with van der Waals surface area (Å²) in [7, 11) is 0. The van der Waals surface area contributed by atoms with E-state index in [0.29, 0.717) is 6.61 Å². The van der Waals surface area contributed by atoms with Gasteiger partial charge in [-0.15, -0.1) is 0 Å². The molecule has 1 amide bonds. The summed E-state index contributed by atoms with van der Waals surface area (Å²) in [5.74, 6) is 0.812. The lowest BCUT2D eigenvalue weighted by atomic mass is 10.1. The Hall–Kier alpha value is -1.03. The minimum atomic E-state index is -0.0330. The van der Waals surface area contributed by atoms with Crippen molar-refractivity contribution in [2.45, 2.75) is 13.0 Å². The molecule has 74 valence electrons. The highest BCUT2D eigenvalue weighted by molar-refractivity contribution is 9.10. The Morgan fingerprint density at radius 3 is 3.14 bits per heavy atom. The number of carbonyl (C=O) groups is 1. The number of fused-ring (bicyclic) bond motifs is 1. The summed E-state index contributed by atoms with van der Waals surface area (Å²) in [6.45, 7) is 2.03. The Balaban J connectivity index is 2.26. The zero-order chi connectivity index (χ0) is 10.1. The zero-order valence-electron chi connectivity index (χ0n) is 7.71. The van der Waals surface area contributed by atoms with Crippen LogP contribution >= 0.6 is 15.9 Å². The molecule has 4 heteroatoms. The van der Waals surface area contributed by atoms with Crippen LogP contribution in [-0.4, -0.2) is 12.5 Å². The standard InChI is InChI=1S/C10H10BrNO2/c1-6(13)12-9-5-14-10-4-7(11)2-3-8(9)10/h2-4,9H,5H2,1H3,(H,12,13). The molecular formula is C10H10BrNO2. The van der Waals surface area contributed by atoms with E-state index in [1.807, 2.05) is 18.2 Å². The number of ether oxygens (including phenoxy) is 1. The van der Waals surface area contributed by atoms with Crippen LogP contribution in [0.3, 0.4) is 0 Å². The zero-order valence-corrected chi connectivity index (χ0v) is 9.30. The first kappa shape index (κ1) is 9.52. The van der Waals surface area contributed by atoms with Crippen LogP contribution in [0, 0.1) is 0 Å². The summed E-state index contributed by atoms with van der Waals surface area (Å²) in [4.78, 5) is 10.9. The van der Waals surface area contributed by atoms with E-state index in [1.54, 1.807) is 0 Å². The predicted molar refractivity (Wildman–Crippen MR) is 56.2 cm³/mol. The summed E-state index contributed by atoms with van der Waals surface area (Å²) in [6, 6.07) is 5.82. The Morgan fingerprint density at radius 1 is 1.64 bits per heavy atom. The first-order valence-corrected chi connectivity index (χ1v) is 5.15. The Kier molecular flexibility index (Phi) is 2.46. The number of halogens is 1. The van der Waals surface area contributed by atoms with Crippen molar-refractivity contribution in [3.05, 3.63) is 28.2 Å². The first-order valence-electron chi connectivity index (χ1n) is 4.36. The summed E-state index contributed by atoms with van der Waals surface area (Å²) < 4.78 is 6.43. The molecule has 0 spiro atoms. The molecule has 3 nitrogen and oxygen atoms in total. The van der Waals surface area contributed by atoms with Gasteiger partial charge in [0.1, 0.15) is 12.4 Å². The van der Waals surface area contributed by atoms with Gasteiger partial charge in [0, 0.05) is 17.0 Å². The number of carbonyl (C=O) groups excluding carboxylic acids is 1. The van der Waals surface area contributed by atoms with Crippen molar-refractivity contribution in [3.8, 4) is 5.75 Å². The highest BCUT2D eigenvalue weighted by atomic mass is 79.9. The molecule has 1 aliphatic heterocycles. The molecule has 0 saturated heterocycles. The Labute approximate surface area is 90.6 Å². The Morgan fingerprint density at radius 2 is 2.43 bits per heavy atom. The lowest BCUT2D eigenvalue weighted by molar-refractivity contribution is -0.119. The fourth-order valence-corrected chi connectivity index (χ4v) is 1.89. The summed E-state index contributed by atoms with van der Waals surface area (Å²) in [6.07, 6.45) is 0. The van der Waals surface area contributed by atoms with Crippen molar-refractivity contribution in [2.24, 2.45) is 0 Å². The third kappa shape index (κ3) is 1.75. The molecule has 1 heterocycles. The summed E-state index contributed by atoms with van der Waals surface area (Å²) in [5.41, 5.74) is 1.04. The van der Waals surface area contributed by atoms with E-state index in [2.05, 4.69) is 21.2 Å². The van der Waals surface area contributed by atoms with Gasteiger partial charge in [0.15, 0.2) is 0 Å². The fourth-order valence-electron chi connectivity index (χ4n) is 1.55. The third-order valence-electron chi connectivity index (χ3n) is 2.13. The van der Waals surface area contributed by atoms with Crippen molar-refractivity contribution in [2.75, 3.05) is 6.61 Å². The normalized spacial score (nSPS) is 18.6. The SMILES string of the molecule is CC(=O)NC1COc2cc(Br)ccc21. The quantitative estimate of drug-likeness (QED) is 0.834. The van der Waals surface area contributed by atoms with Crippen molar-refractivity contribution >= 4 is 21.8 Å².